The second-order valence-electron chi connectivity index (χ2n) is 5.17. The molecule has 1 fully saturated rings. The number of nitro benzene ring substituents is 1. The minimum atomic E-state index is -0.448. The van der Waals surface area contributed by atoms with Crippen LogP contribution in [0.5, 0.6) is 0 Å². The lowest BCUT2D eigenvalue weighted by Gasteiger charge is -2.15. The molecular weight excluding hydrogens is 242 g/mol. The highest BCUT2D eigenvalue weighted by atomic mass is 16.6. The first-order valence-electron chi connectivity index (χ1n) is 6.55. The van der Waals surface area contributed by atoms with Gasteiger partial charge in [-0.1, -0.05) is 12.8 Å². The third kappa shape index (κ3) is 3.68. The number of anilines is 1. The summed E-state index contributed by atoms with van der Waals surface area (Å²) in [5, 5.41) is 23.0. The van der Waals surface area contributed by atoms with Crippen LogP contribution in [0.1, 0.15) is 38.2 Å². The van der Waals surface area contributed by atoms with E-state index in [2.05, 4.69) is 5.32 Å². The quantitative estimate of drug-likeness (QED) is 0.626. The summed E-state index contributed by atoms with van der Waals surface area (Å²) in [5.74, 6) is 0.861. The molecule has 1 unspecified atom stereocenters. The third-order valence-corrected chi connectivity index (χ3v) is 3.43. The Morgan fingerprint density at radius 1 is 1.58 bits per heavy atom. The van der Waals surface area contributed by atoms with Crippen LogP contribution in [-0.2, 0) is 0 Å². The molecule has 1 aromatic rings. The summed E-state index contributed by atoms with van der Waals surface area (Å²) in [6, 6.07) is 6.65. The highest BCUT2D eigenvalue weighted by Crippen LogP contribution is 2.34. The van der Waals surface area contributed by atoms with Crippen LogP contribution >= 0.6 is 0 Å². The largest absolute Gasteiger partial charge is 0.377 e. The Kier molecular flexibility index (Phi) is 4.00. The van der Waals surface area contributed by atoms with Gasteiger partial charge < -0.3 is 5.32 Å². The Labute approximate surface area is 112 Å². The molecule has 1 aromatic carbocycles. The number of nitriles is 1. The maximum absolute atomic E-state index is 11.0. The first-order valence-corrected chi connectivity index (χ1v) is 6.55. The second kappa shape index (κ2) is 5.70. The zero-order chi connectivity index (χ0) is 13.8. The van der Waals surface area contributed by atoms with Crippen molar-refractivity contribution in [2.45, 2.75) is 38.6 Å². The molecule has 1 atom stereocenters. The van der Waals surface area contributed by atoms with Crippen molar-refractivity contribution in [3.05, 3.63) is 33.9 Å². The highest BCUT2D eigenvalue weighted by Gasteiger charge is 2.22. The summed E-state index contributed by atoms with van der Waals surface area (Å²) >= 11 is 0. The van der Waals surface area contributed by atoms with E-state index in [4.69, 9.17) is 5.26 Å². The number of benzene rings is 1. The van der Waals surface area contributed by atoms with Crippen molar-refractivity contribution >= 4 is 11.4 Å². The van der Waals surface area contributed by atoms with Crippen molar-refractivity contribution in [2.24, 2.45) is 5.92 Å². The molecule has 0 amide bonds. The lowest BCUT2D eigenvalue weighted by atomic mass is 10.1. The molecule has 5 heteroatoms. The average molecular weight is 259 g/mol. The normalized spacial score (nSPS) is 15.6. The first kappa shape index (κ1) is 13.3. The molecule has 1 aliphatic carbocycles. The van der Waals surface area contributed by atoms with Crippen LogP contribution in [0.25, 0.3) is 0 Å². The number of hydrogen-bond acceptors (Lipinski definition) is 4. The average Bonchev–Trinajstić information content (AvgIpc) is 3.20. The van der Waals surface area contributed by atoms with Crippen molar-refractivity contribution in [1.82, 2.24) is 0 Å². The van der Waals surface area contributed by atoms with Crippen LogP contribution in [0.3, 0.4) is 0 Å². The van der Waals surface area contributed by atoms with Gasteiger partial charge in [-0.3, -0.25) is 10.1 Å². The van der Waals surface area contributed by atoms with Crippen LogP contribution in [-0.4, -0.2) is 11.0 Å². The maximum Gasteiger partial charge on any atom is 0.293 e. The van der Waals surface area contributed by atoms with Gasteiger partial charge in [0.15, 0.2) is 0 Å². The van der Waals surface area contributed by atoms with Gasteiger partial charge in [0.05, 0.1) is 16.6 Å². The van der Waals surface area contributed by atoms with Crippen LogP contribution in [0, 0.1) is 27.4 Å². The predicted molar refractivity (Wildman–Crippen MR) is 72.9 cm³/mol. The van der Waals surface area contributed by atoms with Crippen molar-refractivity contribution in [1.29, 1.82) is 5.26 Å². The maximum atomic E-state index is 11.0. The number of nitrogens with one attached hydrogen (secondary N) is 1. The van der Waals surface area contributed by atoms with E-state index in [1.54, 1.807) is 12.1 Å². The summed E-state index contributed by atoms with van der Waals surface area (Å²) in [6.07, 6.45) is 4.84. The van der Waals surface area contributed by atoms with Gasteiger partial charge in [-0.25, -0.2) is 0 Å². The minimum absolute atomic E-state index is 0.0303. The molecule has 1 aliphatic rings. The molecule has 0 heterocycles. The van der Waals surface area contributed by atoms with E-state index in [9.17, 15) is 10.1 Å². The molecule has 100 valence electrons. The molecule has 0 radical (unpaired) electrons. The van der Waals surface area contributed by atoms with Crippen molar-refractivity contribution in [2.75, 3.05) is 5.32 Å². The Bertz CT molecular complexity index is 518. The fourth-order valence-electron chi connectivity index (χ4n) is 2.10. The number of hydrogen-bond donors (Lipinski definition) is 1. The van der Waals surface area contributed by atoms with Gasteiger partial charge in [0, 0.05) is 12.1 Å². The van der Waals surface area contributed by atoms with E-state index in [-0.39, 0.29) is 11.7 Å². The molecule has 5 nitrogen and oxygen atoms in total. The van der Waals surface area contributed by atoms with Crippen molar-refractivity contribution < 1.29 is 4.92 Å². The molecule has 2 rings (SSSR count). The zero-order valence-corrected chi connectivity index (χ0v) is 10.9. The monoisotopic (exact) mass is 259 g/mol. The van der Waals surface area contributed by atoms with E-state index >= 15 is 0 Å². The van der Waals surface area contributed by atoms with E-state index in [0.717, 1.165) is 12.3 Å². The number of rotatable bonds is 6. The molecule has 1 saturated carbocycles. The number of nitrogens with zero attached hydrogens (tertiary/aromatic N) is 2. The standard InChI is InChI=1S/C14H17N3O2/c1-10(2-3-11-4-5-11)16-13-7-6-12(9-15)8-14(13)17(18)19/h6-8,10-11,16H,2-5H2,1H3. The van der Waals surface area contributed by atoms with E-state index < -0.39 is 4.92 Å². The van der Waals surface area contributed by atoms with Gasteiger partial charge in [-0.15, -0.1) is 0 Å². The van der Waals surface area contributed by atoms with Crippen molar-refractivity contribution in [3.8, 4) is 6.07 Å². The van der Waals surface area contributed by atoms with Gasteiger partial charge >= 0.3 is 0 Å². The van der Waals surface area contributed by atoms with Crippen LogP contribution in [0.4, 0.5) is 11.4 Å². The summed E-state index contributed by atoms with van der Waals surface area (Å²) in [5.41, 5.74) is 0.771. The molecule has 0 bridgehead atoms. The molecule has 19 heavy (non-hydrogen) atoms. The van der Waals surface area contributed by atoms with E-state index in [0.29, 0.717) is 11.3 Å². The van der Waals surface area contributed by atoms with Gasteiger partial charge in [-0.05, 0) is 37.8 Å². The summed E-state index contributed by atoms with van der Waals surface area (Å²) in [7, 11) is 0. The van der Waals surface area contributed by atoms with Gasteiger partial charge in [-0.2, -0.15) is 5.26 Å². The van der Waals surface area contributed by atoms with Gasteiger partial charge in [0.1, 0.15) is 5.69 Å². The zero-order valence-electron chi connectivity index (χ0n) is 10.9. The Balaban J connectivity index is 2.05. The van der Waals surface area contributed by atoms with Gasteiger partial charge in [0.2, 0.25) is 0 Å². The Hall–Kier alpha value is -2.09. The first-order chi connectivity index (χ1) is 9.10. The lowest BCUT2D eigenvalue weighted by molar-refractivity contribution is -0.384. The Morgan fingerprint density at radius 3 is 2.89 bits per heavy atom. The summed E-state index contributed by atoms with van der Waals surface area (Å²) < 4.78 is 0. The molecule has 0 saturated heterocycles. The SMILES string of the molecule is CC(CCC1CC1)Nc1ccc(C#N)cc1[N+](=O)[O-]. The minimum Gasteiger partial charge on any atom is -0.377 e. The predicted octanol–water partition coefficient (Wildman–Crippen LogP) is 3.46. The van der Waals surface area contributed by atoms with Crippen LogP contribution < -0.4 is 5.32 Å². The highest BCUT2D eigenvalue weighted by molar-refractivity contribution is 5.64. The summed E-state index contributed by atoms with van der Waals surface area (Å²) in [6.45, 7) is 2.03. The fourth-order valence-corrected chi connectivity index (χ4v) is 2.10. The van der Waals surface area contributed by atoms with Crippen LogP contribution in [0.15, 0.2) is 18.2 Å². The molecule has 0 aromatic heterocycles. The molecule has 1 N–H and O–H groups in total. The topological polar surface area (TPSA) is 79.0 Å². The second-order valence-corrected chi connectivity index (χ2v) is 5.17. The Morgan fingerprint density at radius 2 is 2.32 bits per heavy atom. The third-order valence-electron chi connectivity index (χ3n) is 3.43. The smallest absolute Gasteiger partial charge is 0.293 e. The van der Waals surface area contributed by atoms with Crippen molar-refractivity contribution in [3.63, 3.8) is 0 Å². The molecule has 0 spiro atoms. The molecular formula is C14H17N3O2. The fraction of sp³-hybridized carbons (Fsp3) is 0.500. The van der Waals surface area contributed by atoms with E-state index in [1.807, 2.05) is 13.0 Å². The van der Waals surface area contributed by atoms with Gasteiger partial charge in [0.25, 0.3) is 5.69 Å². The van der Waals surface area contributed by atoms with E-state index in [1.165, 1.54) is 25.3 Å². The molecule has 0 aliphatic heterocycles. The summed E-state index contributed by atoms with van der Waals surface area (Å²) in [4.78, 5) is 10.6. The number of nitro groups is 1. The lowest BCUT2D eigenvalue weighted by Crippen LogP contribution is -2.16. The van der Waals surface area contributed by atoms with Crippen LogP contribution in [0.2, 0.25) is 0 Å².